The van der Waals surface area contributed by atoms with Gasteiger partial charge in [-0.05, 0) is 35.9 Å². The number of hydrogen-bond acceptors (Lipinski definition) is 3. The largest absolute Gasteiger partial charge is 0.497 e. The van der Waals surface area contributed by atoms with Crippen molar-refractivity contribution in [1.82, 2.24) is 5.43 Å². The topological polar surface area (TPSA) is 59.6 Å². The lowest BCUT2D eigenvalue weighted by Gasteiger charge is -2.29. The van der Waals surface area contributed by atoms with Crippen molar-refractivity contribution in [2.75, 3.05) is 39.8 Å². The maximum Gasteiger partial charge on any atom is 0.295 e. The molecule has 1 aliphatic heterocycles. The number of methoxy groups -OCH3 is 1. The predicted molar refractivity (Wildman–Crippen MR) is 110 cm³/mol. The third-order valence-electron chi connectivity index (χ3n) is 4.99. The van der Waals surface area contributed by atoms with Crippen LogP contribution in [0.4, 0.5) is 0 Å². The van der Waals surface area contributed by atoms with E-state index in [-0.39, 0.29) is 5.91 Å². The molecule has 1 amide bonds. The van der Waals surface area contributed by atoms with Crippen LogP contribution >= 0.6 is 11.6 Å². The second kappa shape index (κ2) is 10.2. The Kier molecular flexibility index (Phi) is 7.42. The Morgan fingerprint density at radius 2 is 1.79 bits per heavy atom. The number of halogens is 1. The summed E-state index contributed by atoms with van der Waals surface area (Å²) in [6, 6.07) is 15.5. The van der Waals surface area contributed by atoms with Crippen molar-refractivity contribution in [3.8, 4) is 5.75 Å². The van der Waals surface area contributed by atoms with Gasteiger partial charge in [-0.2, -0.15) is 5.10 Å². The van der Waals surface area contributed by atoms with Crippen molar-refractivity contribution >= 4 is 23.7 Å². The van der Waals surface area contributed by atoms with E-state index in [0.717, 1.165) is 49.1 Å². The Hall–Kier alpha value is -2.41. The van der Waals surface area contributed by atoms with Crippen LogP contribution in [0.15, 0.2) is 53.6 Å². The number of carbonyl (C=O) groups excluding carboxylic acids is 1. The Bertz CT molecular complexity index is 802. The highest BCUT2D eigenvalue weighted by Crippen LogP contribution is 2.13. The van der Waals surface area contributed by atoms with Crippen molar-refractivity contribution in [2.45, 2.75) is 6.54 Å². The molecular weight excluding hydrogens is 376 g/mol. The first-order valence-corrected chi connectivity index (χ1v) is 9.88. The van der Waals surface area contributed by atoms with E-state index in [4.69, 9.17) is 16.3 Å². The standard InChI is InChI=1S/C21H25ClN4O2/c1-28-19-8-6-17(7-9-19)14-23-24-21(27)16-26-12-10-25(11-13-26)15-18-4-2-3-5-20(18)22/h2-9,14H,10-13,15-16H2,1H3,(H,24,27)/p+2. The Morgan fingerprint density at radius 1 is 1.11 bits per heavy atom. The van der Waals surface area contributed by atoms with Crippen LogP contribution in [0, 0.1) is 0 Å². The summed E-state index contributed by atoms with van der Waals surface area (Å²) in [4.78, 5) is 14.9. The molecule has 0 radical (unpaired) electrons. The minimum Gasteiger partial charge on any atom is -0.497 e. The maximum absolute atomic E-state index is 12.1. The SMILES string of the molecule is COc1ccc(C=NNC(=O)C[NH+]2CC[NH+](Cc3ccccc3Cl)CC2)cc1. The Morgan fingerprint density at radius 3 is 2.46 bits per heavy atom. The summed E-state index contributed by atoms with van der Waals surface area (Å²) in [5.41, 5.74) is 4.72. The molecule has 148 valence electrons. The minimum atomic E-state index is -0.0608. The van der Waals surface area contributed by atoms with Gasteiger partial charge >= 0.3 is 0 Å². The zero-order chi connectivity index (χ0) is 19.8. The van der Waals surface area contributed by atoms with Crippen molar-refractivity contribution in [2.24, 2.45) is 5.10 Å². The third-order valence-corrected chi connectivity index (χ3v) is 5.36. The average molecular weight is 403 g/mol. The molecule has 0 spiro atoms. The lowest BCUT2D eigenvalue weighted by atomic mass is 10.2. The van der Waals surface area contributed by atoms with Crippen molar-refractivity contribution in [1.29, 1.82) is 0 Å². The molecule has 0 atom stereocenters. The monoisotopic (exact) mass is 402 g/mol. The van der Waals surface area contributed by atoms with Crippen LogP contribution < -0.4 is 20.0 Å². The van der Waals surface area contributed by atoms with Gasteiger partial charge in [-0.25, -0.2) is 5.43 Å². The van der Waals surface area contributed by atoms with E-state index in [1.807, 2.05) is 42.5 Å². The molecule has 1 fully saturated rings. The van der Waals surface area contributed by atoms with Gasteiger partial charge < -0.3 is 14.5 Å². The molecule has 1 aliphatic rings. The summed E-state index contributed by atoms with van der Waals surface area (Å²) < 4.78 is 5.12. The van der Waals surface area contributed by atoms with Gasteiger partial charge in [0.1, 0.15) is 38.5 Å². The molecule has 0 aromatic heterocycles. The molecule has 2 aromatic carbocycles. The van der Waals surface area contributed by atoms with Crippen molar-refractivity contribution in [3.05, 3.63) is 64.7 Å². The van der Waals surface area contributed by atoms with Gasteiger partial charge in [0.05, 0.1) is 13.3 Å². The van der Waals surface area contributed by atoms with Crippen molar-refractivity contribution in [3.63, 3.8) is 0 Å². The molecule has 0 unspecified atom stereocenters. The molecule has 0 aliphatic carbocycles. The number of hydrazone groups is 1. The van der Waals surface area contributed by atoms with Gasteiger partial charge in [0.15, 0.2) is 6.54 Å². The highest BCUT2D eigenvalue weighted by molar-refractivity contribution is 6.31. The lowest BCUT2D eigenvalue weighted by Crippen LogP contribution is -3.28. The summed E-state index contributed by atoms with van der Waals surface area (Å²) in [7, 11) is 1.63. The summed E-state index contributed by atoms with van der Waals surface area (Å²) in [6.07, 6.45) is 1.64. The van der Waals surface area contributed by atoms with Crippen LogP contribution in [0.25, 0.3) is 0 Å². The molecule has 0 bridgehead atoms. The van der Waals surface area contributed by atoms with Crippen LogP contribution in [0.5, 0.6) is 5.75 Å². The average Bonchev–Trinajstić information content (AvgIpc) is 2.72. The predicted octanol–water partition coefficient (Wildman–Crippen LogP) is -0.218. The van der Waals surface area contributed by atoms with Crippen molar-refractivity contribution < 1.29 is 19.3 Å². The maximum atomic E-state index is 12.1. The second-order valence-electron chi connectivity index (χ2n) is 7.01. The number of quaternary nitrogens is 2. The van der Waals surface area contributed by atoms with E-state index < -0.39 is 0 Å². The molecule has 28 heavy (non-hydrogen) atoms. The molecule has 2 aromatic rings. The molecule has 3 rings (SSSR count). The number of nitrogens with one attached hydrogen (secondary N) is 3. The van der Waals surface area contributed by atoms with Crippen LogP contribution in [0.3, 0.4) is 0 Å². The lowest BCUT2D eigenvalue weighted by molar-refractivity contribution is -1.02. The minimum absolute atomic E-state index is 0.0608. The van der Waals surface area contributed by atoms with Crippen LogP contribution in [-0.2, 0) is 11.3 Å². The first-order chi connectivity index (χ1) is 13.6. The molecule has 7 heteroatoms. The molecule has 1 heterocycles. The quantitative estimate of drug-likeness (QED) is 0.443. The number of hydrogen-bond donors (Lipinski definition) is 3. The highest BCUT2D eigenvalue weighted by Gasteiger charge is 2.25. The van der Waals surface area contributed by atoms with E-state index in [1.165, 1.54) is 15.4 Å². The number of rotatable bonds is 7. The molecule has 0 saturated carbocycles. The van der Waals surface area contributed by atoms with E-state index in [2.05, 4.69) is 16.6 Å². The molecular formula is C21H27ClN4O2+2. The zero-order valence-corrected chi connectivity index (χ0v) is 16.8. The number of ether oxygens (including phenoxy) is 1. The van der Waals surface area contributed by atoms with E-state index in [9.17, 15) is 4.79 Å². The van der Waals surface area contributed by atoms with Gasteiger partial charge in [0, 0.05) is 10.6 Å². The Balaban J connectivity index is 1.38. The summed E-state index contributed by atoms with van der Waals surface area (Å²) in [6.45, 7) is 5.38. The zero-order valence-electron chi connectivity index (χ0n) is 16.1. The summed E-state index contributed by atoms with van der Waals surface area (Å²) in [5.74, 6) is 0.731. The fourth-order valence-corrected chi connectivity index (χ4v) is 3.56. The highest BCUT2D eigenvalue weighted by atomic mass is 35.5. The summed E-state index contributed by atoms with van der Waals surface area (Å²) in [5, 5.41) is 4.88. The number of nitrogens with zero attached hydrogens (tertiary/aromatic N) is 1. The first-order valence-electron chi connectivity index (χ1n) is 9.50. The smallest absolute Gasteiger partial charge is 0.295 e. The van der Waals surface area contributed by atoms with E-state index in [1.54, 1.807) is 13.3 Å². The molecule has 3 N–H and O–H groups in total. The van der Waals surface area contributed by atoms with Gasteiger partial charge in [0.2, 0.25) is 0 Å². The Labute approximate surface area is 170 Å². The van der Waals surface area contributed by atoms with Crippen LogP contribution in [0.2, 0.25) is 5.02 Å². The number of carbonyl (C=O) groups is 1. The number of benzene rings is 2. The van der Waals surface area contributed by atoms with Gasteiger partial charge in [0.25, 0.3) is 5.91 Å². The van der Waals surface area contributed by atoms with Crippen LogP contribution in [-0.4, -0.2) is 52.0 Å². The van der Waals surface area contributed by atoms with E-state index >= 15 is 0 Å². The normalized spacial score (nSPS) is 19.5. The molecule has 1 saturated heterocycles. The van der Waals surface area contributed by atoms with Gasteiger partial charge in [-0.3, -0.25) is 4.79 Å². The number of amides is 1. The molecule has 6 nitrogen and oxygen atoms in total. The van der Waals surface area contributed by atoms with Gasteiger partial charge in [-0.1, -0.05) is 29.8 Å². The third kappa shape index (κ3) is 6.05. The van der Waals surface area contributed by atoms with Crippen LogP contribution in [0.1, 0.15) is 11.1 Å². The fraction of sp³-hybridized carbons (Fsp3) is 0.333. The summed E-state index contributed by atoms with van der Waals surface area (Å²) >= 11 is 6.26. The number of piperazine rings is 1. The fourth-order valence-electron chi connectivity index (χ4n) is 3.36. The van der Waals surface area contributed by atoms with E-state index in [0.29, 0.717) is 6.54 Å². The first kappa shape index (κ1) is 20.3. The second-order valence-corrected chi connectivity index (χ2v) is 7.42. The van der Waals surface area contributed by atoms with Gasteiger partial charge in [-0.15, -0.1) is 0 Å².